The summed E-state index contributed by atoms with van der Waals surface area (Å²) in [6, 6.07) is 9.31. The number of nitrogens with zero attached hydrogens (tertiary/aromatic N) is 1. The highest BCUT2D eigenvalue weighted by atomic mass is 28.4. The molecule has 0 amide bonds. The van der Waals surface area contributed by atoms with Gasteiger partial charge in [-0.15, -0.1) is 0 Å². The van der Waals surface area contributed by atoms with Crippen LogP contribution in [0.3, 0.4) is 0 Å². The third-order valence-corrected chi connectivity index (χ3v) is 4.67. The fourth-order valence-electron chi connectivity index (χ4n) is 1.31. The van der Waals surface area contributed by atoms with Gasteiger partial charge < -0.3 is 13.3 Å². The van der Waals surface area contributed by atoms with E-state index in [2.05, 4.69) is 4.99 Å². The third-order valence-electron chi connectivity index (χ3n) is 2.05. The van der Waals surface area contributed by atoms with Gasteiger partial charge in [0, 0.05) is 19.4 Å². The fraction of sp³-hybridized carbons (Fsp3) is 0.300. The molecule has 16 heavy (non-hydrogen) atoms. The lowest BCUT2D eigenvalue weighted by Gasteiger charge is -2.25. The molecule has 0 aliphatic rings. The summed E-state index contributed by atoms with van der Waals surface area (Å²) in [5.74, 6) is 0. The third kappa shape index (κ3) is 2.85. The maximum Gasteiger partial charge on any atom is 0.538 e. The van der Waals surface area contributed by atoms with E-state index >= 15 is 0 Å². The van der Waals surface area contributed by atoms with E-state index in [0.29, 0.717) is 0 Å². The Labute approximate surface area is 95.0 Å². The summed E-state index contributed by atoms with van der Waals surface area (Å²) in [4.78, 5) is 13.3. The molecule has 6 heteroatoms. The summed E-state index contributed by atoms with van der Waals surface area (Å²) in [5, 5.41) is 0.820. The van der Waals surface area contributed by atoms with Crippen LogP contribution in [0.2, 0.25) is 0 Å². The molecule has 1 rings (SSSR count). The first-order chi connectivity index (χ1) is 7.79. The number of aliphatic imine (C=N–C) groups is 1. The van der Waals surface area contributed by atoms with Gasteiger partial charge in [-0.05, 0) is 0 Å². The van der Waals surface area contributed by atoms with Crippen molar-refractivity contribution in [2.45, 2.75) is 0 Å². The second-order valence-electron chi connectivity index (χ2n) is 2.85. The average molecular weight is 239 g/mol. The molecule has 0 aliphatic carbocycles. The van der Waals surface area contributed by atoms with Crippen molar-refractivity contribution in [2.24, 2.45) is 4.99 Å². The van der Waals surface area contributed by atoms with Gasteiger partial charge in [-0.2, -0.15) is 4.99 Å². The number of hydrogen-bond donors (Lipinski definition) is 0. The van der Waals surface area contributed by atoms with Crippen molar-refractivity contribution in [3.8, 4) is 0 Å². The van der Waals surface area contributed by atoms with Gasteiger partial charge >= 0.3 is 8.80 Å². The second kappa shape index (κ2) is 6.32. The zero-order valence-electron chi connectivity index (χ0n) is 9.17. The molecule has 0 spiro atoms. The summed E-state index contributed by atoms with van der Waals surface area (Å²) >= 11 is 0. The summed E-state index contributed by atoms with van der Waals surface area (Å²) < 4.78 is 16.1. The van der Waals surface area contributed by atoms with Crippen LogP contribution in [-0.4, -0.2) is 35.8 Å². The molecule has 0 aliphatic heterocycles. The van der Waals surface area contributed by atoms with E-state index in [1.54, 1.807) is 0 Å². The summed E-state index contributed by atoms with van der Waals surface area (Å²) in [6.45, 7) is -0.119. The highest BCUT2D eigenvalue weighted by molar-refractivity contribution is 6.75. The van der Waals surface area contributed by atoms with Crippen LogP contribution in [-0.2, 0) is 18.1 Å². The Hall–Kier alpha value is -1.30. The van der Waals surface area contributed by atoms with E-state index in [0.717, 1.165) is 5.19 Å². The van der Waals surface area contributed by atoms with E-state index in [4.69, 9.17) is 13.3 Å². The largest absolute Gasteiger partial charge is 0.538 e. The van der Waals surface area contributed by atoms with Crippen molar-refractivity contribution in [1.82, 2.24) is 0 Å². The first-order valence-electron chi connectivity index (χ1n) is 4.62. The van der Waals surface area contributed by atoms with Gasteiger partial charge in [0.05, 0.1) is 0 Å². The Kier molecular flexibility index (Phi) is 5.04. The minimum atomic E-state index is -2.93. The van der Waals surface area contributed by atoms with Crippen molar-refractivity contribution < 1.29 is 18.1 Å². The number of benzene rings is 1. The van der Waals surface area contributed by atoms with Crippen molar-refractivity contribution in [2.75, 3.05) is 21.0 Å². The molecule has 5 nitrogen and oxygen atoms in total. The smallest absolute Gasteiger partial charge is 0.373 e. The van der Waals surface area contributed by atoms with Gasteiger partial charge in [-0.3, -0.25) is 0 Å². The normalized spacial score (nSPS) is 10.9. The summed E-state index contributed by atoms with van der Waals surface area (Å²) in [6.07, 6.45) is 1.40. The first-order valence-corrected chi connectivity index (χ1v) is 6.35. The Morgan fingerprint density at radius 3 is 2.38 bits per heavy atom. The van der Waals surface area contributed by atoms with Crippen molar-refractivity contribution in [3.63, 3.8) is 0 Å². The van der Waals surface area contributed by atoms with E-state index in [-0.39, 0.29) is 6.73 Å². The van der Waals surface area contributed by atoms with Crippen LogP contribution in [0.5, 0.6) is 0 Å². The van der Waals surface area contributed by atoms with Gasteiger partial charge in [0.15, 0.2) is 0 Å². The van der Waals surface area contributed by atoms with Gasteiger partial charge in [0.25, 0.3) is 0 Å². The summed E-state index contributed by atoms with van der Waals surface area (Å²) in [7, 11) is 0.0852. The van der Waals surface area contributed by atoms with E-state index in [1.165, 1.54) is 20.3 Å². The molecule has 0 unspecified atom stereocenters. The molecule has 0 saturated heterocycles. The second-order valence-corrected chi connectivity index (χ2v) is 5.65. The molecule has 0 fully saturated rings. The minimum absolute atomic E-state index is 0.119. The Bertz CT molecular complexity index is 360. The van der Waals surface area contributed by atoms with Crippen molar-refractivity contribution in [1.29, 1.82) is 0 Å². The van der Waals surface area contributed by atoms with Gasteiger partial charge in [0.1, 0.15) is 6.73 Å². The number of hydrogen-bond acceptors (Lipinski definition) is 5. The van der Waals surface area contributed by atoms with Crippen LogP contribution >= 0.6 is 0 Å². The average Bonchev–Trinajstić information content (AvgIpc) is 2.36. The van der Waals surface area contributed by atoms with Crippen LogP contribution in [0, 0.1) is 0 Å². The fourth-order valence-corrected chi connectivity index (χ4v) is 3.18. The molecule has 1 aromatic carbocycles. The molecule has 1 aromatic rings. The van der Waals surface area contributed by atoms with Crippen LogP contribution in [0.1, 0.15) is 0 Å². The van der Waals surface area contributed by atoms with Gasteiger partial charge in [-0.1, -0.05) is 30.3 Å². The zero-order valence-corrected chi connectivity index (χ0v) is 10.2. The Morgan fingerprint density at radius 2 is 1.88 bits per heavy atom. The molecule has 0 bridgehead atoms. The highest BCUT2D eigenvalue weighted by Gasteiger charge is 2.41. The Morgan fingerprint density at radius 1 is 1.25 bits per heavy atom. The molecule has 0 atom stereocenters. The molecule has 0 aromatic heterocycles. The zero-order chi connectivity index (χ0) is 11.9. The number of rotatable bonds is 6. The SMILES string of the molecule is CO[Si](OC)(OCN=C=O)c1ccccc1. The van der Waals surface area contributed by atoms with Crippen LogP contribution in [0.4, 0.5) is 0 Å². The number of carbonyl (C=O) groups excluding carboxylic acids is 1. The lowest BCUT2D eigenvalue weighted by Crippen LogP contribution is -2.55. The maximum absolute atomic E-state index is 9.97. The van der Waals surface area contributed by atoms with Gasteiger partial charge in [0.2, 0.25) is 6.08 Å². The predicted molar refractivity (Wildman–Crippen MR) is 59.9 cm³/mol. The molecule has 0 N–H and O–H groups in total. The first kappa shape index (κ1) is 12.8. The summed E-state index contributed by atoms with van der Waals surface area (Å²) in [5.41, 5.74) is 0. The van der Waals surface area contributed by atoms with E-state index in [1.807, 2.05) is 30.3 Å². The molecular weight excluding hydrogens is 226 g/mol. The predicted octanol–water partition coefficient (Wildman–Crippen LogP) is 0.435. The lowest BCUT2D eigenvalue weighted by molar-refractivity contribution is 0.117. The topological polar surface area (TPSA) is 57.1 Å². The van der Waals surface area contributed by atoms with E-state index < -0.39 is 8.80 Å². The van der Waals surface area contributed by atoms with Gasteiger partial charge in [-0.25, -0.2) is 4.79 Å². The quantitative estimate of drug-likeness (QED) is 0.410. The minimum Gasteiger partial charge on any atom is -0.373 e. The molecule has 0 saturated carbocycles. The van der Waals surface area contributed by atoms with Crippen molar-refractivity contribution in [3.05, 3.63) is 30.3 Å². The highest BCUT2D eigenvalue weighted by Crippen LogP contribution is 2.07. The van der Waals surface area contributed by atoms with E-state index in [9.17, 15) is 4.79 Å². The molecule has 86 valence electrons. The van der Waals surface area contributed by atoms with Crippen LogP contribution < -0.4 is 5.19 Å². The number of isocyanates is 1. The standard InChI is InChI=1S/C10H13NO4Si/c1-13-16(14-2,15-9-11-8-12)10-6-4-3-5-7-10/h3-7H,9H2,1-2H3. The maximum atomic E-state index is 9.97. The molecular formula is C10H13NO4Si. The van der Waals surface area contributed by atoms with Crippen molar-refractivity contribution >= 4 is 20.1 Å². The van der Waals surface area contributed by atoms with Crippen LogP contribution in [0.15, 0.2) is 35.3 Å². The van der Waals surface area contributed by atoms with Crippen LogP contribution in [0.25, 0.3) is 0 Å². The Balaban J connectivity index is 2.91. The lowest BCUT2D eigenvalue weighted by atomic mass is 10.4. The monoisotopic (exact) mass is 239 g/mol. The molecule has 0 radical (unpaired) electrons. The molecule has 0 heterocycles.